The highest BCUT2D eigenvalue weighted by Crippen LogP contribution is 2.43. The standard InChI is InChI=1S/C63H43N5/c1-6-18-44(19-7-1)63-64-59-38-34-54(43-62(59)68(63)50-26-14-5-15-27-50)66(48-22-10-3-11-23-48)52-33-37-56-46(41-52)31-30-45-40-51(32-36-55(45)56)65(47-20-8-2-9-21-47)53-35-39-61-58(42-53)57-28-16-17-29-60(57)67(61)49-24-12-4-13-25-49/h1-43H. The molecule has 2 heterocycles. The van der Waals surface area contributed by atoms with Crippen LogP contribution in [0.1, 0.15) is 0 Å². The molecule has 0 spiro atoms. The van der Waals surface area contributed by atoms with Crippen LogP contribution in [-0.4, -0.2) is 14.1 Å². The van der Waals surface area contributed by atoms with E-state index in [4.69, 9.17) is 4.98 Å². The molecule has 13 rings (SSSR count). The van der Waals surface area contributed by atoms with Gasteiger partial charge in [-0.3, -0.25) is 4.57 Å². The van der Waals surface area contributed by atoms with E-state index < -0.39 is 0 Å². The fourth-order valence-electron chi connectivity index (χ4n) is 10.2. The summed E-state index contributed by atoms with van der Waals surface area (Å²) in [6.45, 7) is 0. The second kappa shape index (κ2) is 16.4. The number of anilines is 6. The van der Waals surface area contributed by atoms with Gasteiger partial charge in [-0.25, -0.2) is 4.98 Å². The summed E-state index contributed by atoms with van der Waals surface area (Å²) >= 11 is 0. The molecule has 5 nitrogen and oxygen atoms in total. The van der Waals surface area contributed by atoms with Gasteiger partial charge in [-0.2, -0.15) is 0 Å². The van der Waals surface area contributed by atoms with Gasteiger partial charge < -0.3 is 14.4 Å². The Kier molecular flexibility index (Phi) is 9.43. The van der Waals surface area contributed by atoms with Gasteiger partial charge in [-0.05, 0) is 137 Å². The van der Waals surface area contributed by atoms with E-state index >= 15 is 0 Å². The number of benzene rings is 11. The Hall–Kier alpha value is -9.19. The fraction of sp³-hybridized carbons (Fsp3) is 0. The van der Waals surface area contributed by atoms with E-state index in [2.05, 4.69) is 274 Å². The Morgan fingerprint density at radius 3 is 1.34 bits per heavy atom. The molecule has 0 amide bonds. The van der Waals surface area contributed by atoms with Crippen LogP contribution in [0.15, 0.2) is 261 Å². The Bertz CT molecular complexity index is 3960. The zero-order valence-corrected chi connectivity index (χ0v) is 37.1. The minimum Gasteiger partial charge on any atom is -0.310 e. The smallest absolute Gasteiger partial charge is 0.145 e. The molecule has 0 bridgehead atoms. The number of hydrogen-bond donors (Lipinski definition) is 0. The lowest BCUT2D eigenvalue weighted by molar-refractivity contribution is 1.10. The number of imidazole rings is 1. The highest BCUT2D eigenvalue weighted by Gasteiger charge is 2.21. The van der Waals surface area contributed by atoms with Crippen molar-refractivity contribution in [1.82, 2.24) is 14.1 Å². The first-order valence-electron chi connectivity index (χ1n) is 23.1. The van der Waals surface area contributed by atoms with Crippen molar-refractivity contribution in [3.8, 4) is 22.8 Å². The number of fused-ring (bicyclic) bond motifs is 7. The summed E-state index contributed by atoms with van der Waals surface area (Å²) in [5, 5.41) is 7.21. The van der Waals surface area contributed by atoms with Gasteiger partial charge in [0, 0.05) is 61.8 Å². The van der Waals surface area contributed by atoms with Gasteiger partial charge in [-0.15, -0.1) is 0 Å². The molecule has 11 aromatic carbocycles. The first kappa shape index (κ1) is 39.2. The number of hydrogen-bond acceptors (Lipinski definition) is 3. The Balaban J connectivity index is 0.917. The Morgan fingerprint density at radius 1 is 0.279 bits per heavy atom. The summed E-state index contributed by atoms with van der Waals surface area (Å²) in [5.41, 5.74) is 14.2. The molecule has 2 aromatic heterocycles. The lowest BCUT2D eigenvalue weighted by Crippen LogP contribution is -2.10. The van der Waals surface area contributed by atoms with Crippen LogP contribution in [0.3, 0.4) is 0 Å². The minimum absolute atomic E-state index is 0.913. The molecule has 0 aliphatic carbocycles. The molecule has 0 saturated carbocycles. The van der Waals surface area contributed by atoms with Crippen molar-refractivity contribution in [1.29, 1.82) is 0 Å². The van der Waals surface area contributed by atoms with Crippen molar-refractivity contribution in [2.24, 2.45) is 0 Å². The zero-order valence-electron chi connectivity index (χ0n) is 37.1. The van der Waals surface area contributed by atoms with Gasteiger partial charge in [-0.1, -0.05) is 146 Å². The van der Waals surface area contributed by atoms with E-state index in [0.29, 0.717) is 0 Å². The molecule has 68 heavy (non-hydrogen) atoms. The second-order valence-corrected chi connectivity index (χ2v) is 17.3. The lowest BCUT2D eigenvalue weighted by Gasteiger charge is -2.27. The minimum atomic E-state index is 0.913. The van der Waals surface area contributed by atoms with Crippen molar-refractivity contribution < 1.29 is 0 Å². The SMILES string of the molecule is c1ccc(-c2nc3ccc(N(c4ccccc4)c4ccc5c(ccc6cc(N(c7ccccc7)c7ccc8c(c7)c7ccccc7n8-c7ccccc7)ccc65)c4)cc3n2-c2ccccc2)cc1. The normalized spacial score (nSPS) is 11.5. The van der Waals surface area contributed by atoms with Crippen LogP contribution in [-0.2, 0) is 0 Å². The van der Waals surface area contributed by atoms with Crippen LogP contribution < -0.4 is 9.80 Å². The van der Waals surface area contributed by atoms with Crippen molar-refractivity contribution in [2.45, 2.75) is 0 Å². The number of rotatable bonds is 9. The van der Waals surface area contributed by atoms with Gasteiger partial charge >= 0.3 is 0 Å². The van der Waals surface area contributed by atoms with E-state index in [1.54, 1.807) is 0 Å². The van der Waals surface area contributed by atoms with Crippen molar-refractivity contribution in [2.75, 3.05) is 9.80 Å². The van der Waals surface area contributed by atoms with Gasteiger partial charge in [0.25, 0.3) is 0 Å². The van der Waals surface area contributed by atoms with E-state index in [1.165, 1.54) is 43.4 Å². The maximum Gasteiger partial charge on any atom is 0.145 e. The quantitative estimate of drug-likeness (QED) is 0.135. The monoisotopic (exact) mass is 869 g/mol. The number of para-hydroxylation sites is 5. The van der Waals surface area contributed by atoms with Crippen molar-refractivity contribution >= 4 is 88.5 Å². The average molecular weight is 870 g/mol. The molecule has 0 radical (unpaired) electrons. The van der Waals surface area contributed by atoms with Gasteiger partial charge in [0.05, 0.1) is 22.1 Å². The largest absolute Gasteiger partial charge is 0.310 e. The molecule has 0 fully saturated rings. The summed E-state index contributed by atoms with van der Waals surface area (Å²) in [6.07, 6.45) is 0. The Morgan fingerprint density at radius 2 is 0.735 bits per heavy atom. The van der Waals surface area contributed by atoms with E-state index in [1.807, 2.05) is 6.07 Å². The third-order valence-corrected chi connectivity index (χ3v) is 13.2. The molecule has 0 unspecified atom stereocenters. The summed E-state index contributed by atoms with van der Waals surface area (Å²) in [6, 6.07) is 93.5. The highest BCUT2D eigenvalue weighted by molar-refractivity contribution is 6.12. The summed E-state index contributed by atoms with van der Waals surface area (Å²) in [5.74, 6) is 0.913. The van der Waals surface area contributed by atoms with Crippen molar-refractivity contribution in [3.63, 3.8) is 0 Å². The molecule has 320 valence electrons. The van der Waals surface area contributed by atoms with Crippen molar-refractivity contribution in [3.05, 3.63) is 261 Å². The first-order valence-corrected chi connectivity index (χ1v) is 23.1. The van der Waals surface area contributed by atoms with Crippen LogP contribution in [0.2, 0.25) is 0 Å². The van der Waals surface area contributed by atoms with Gasteiger partial charge in [0.2, 0.25) is 0 Å². The fourth-order valence-corrected chi connectivity index (χ4v) is 10.2. The van der Waals surface area contributed by atoms with Crippen LogP contribution in [0.25, 0.3) is 77.1 Å². The summed E-state index contributed by atoms with van der Waals surface area (Å²) in [4.78, 5) is 9.93. The molecule has 0 aliphatic rings. The topological polar surface area (TPSA) is 29.2 Å². The molecular weight excluding hydrogens is 827 g/mol. The third kappa shape index (κ3) is 6.68. The average Bonchev–Trinajstić information content (AvgIpc) is 3.96. The second-order valence-electron chi connectivity index (χ2n) is 17.3. The molecule has 0 N–H and O–H groups in total. The Labute approximate surface area is 394 Å². The summed E-state index contributed by atoms with van der Waals surface area (Å²) < 4.78 is 4.65. The van der Waals surface area contributed by atoms with E-state index in [0.717, 1.165) is 67.9 Å². The van der Waals surface area contributed by atoms with Crippen LogP contribution in [0.5, 0.6) is 0 Å². The van der Waals surface area contributed by atoms with E-state index in [-0.39, 0.29) is 0 Å². The zero-order chi connectivity index (χ0) is 45.0. The maximum atomic E-state index is 5.20. The van der Waals surface area contributed by atoms with Gasteiger partial charge in [0.1, 0.15) is 5.82 Å². The lowest BCUT2D eigenvalue weighted by atomic mass is 10.00. The predicted molar refractivity (Wildman–Crippen MR) is 285 cm³/mol. The van der Waals surface area contributed by atoms with Crippen LogP contribution in [0.4, 0.5) is 34.1 Å². The first-order chi connectivity index (χ1) is 33.7. The van der Waals surface area contributed by atoms with Gasteiger partial charge in [0.15, 0.2) is 0 Å². The van der Waals surface area contributed by atoms with E-state index in [9.17, 15) is 0 Å². The maximum absolute atomic E-state index is 5.20. The van der Waals surface area contributed by atoms with Crippen LogP contribution in [0, 0.1) is 0 Å². The molecular formula is C63H43N5. The number of aromatic nitrogens is 3. The molecule has 0 atom stereocenters. The molecule has 0 aliphatic heterocycles. The molecule has 13 aromatic rings. The number of nitrogens with zero attached hydrogens (tertiary/aromatic N) is 5. The summed E-state index contributed by atoms with van der Waals surface area (Å²) in [7, 11) is 0. The molecule has 0 saturated heterocycles. The van der Waals surface area contributed by atoms with Crippen LogP contribution >= 0.6 is 0 Å². The molecule has 5 heteroatoms. The highest BCUT2D eigenvalue weighted by atomic mass is 15.2. The third-order valence-electron chi connectivity index (χ3n) is 13.2. The predicted octanol–water partition coefficient (Wildman–Crippen LogP) is 17.0.